The summed E-state index contributed by atoms with van der Waals surface area (Å²) in [5.74, 6) is -1.16. The van der Waals surface area contributed by atoms with Crippen LogP contribution in [0.3, 0.4) is 0 Å². The van der Waals surface area contributed by atoms with Crippen LogP contribution in [0.25, 0.3) is 0 Å². The van der Waals surface area contributed by atoms with Gasteiger partial charge in [0.1, 0.15) is 0 Å². The number of nitrogens with one attached hydrogen (secondary N) is 2. The first-order chi connectivity index (χ1) is 10.6. The number of carbonyl (C=O) groups is 1. The minimum Gasteiger partial charge on any atom is -0.494 e. The van der Waals surface area contributed by atoms with E-state index in [4.69, 9.17) is 0 Å². The molecule has 0 bridgehead atoms. The van der Waals surface area contributed by atoms with Crippen molar-refractivity contribution in [2.24, 2.45) is 0 Å². The van der Waals surface area contributed by atoms with E-state index in [0.717, 1.165) is 49.5 Å². The molecule has 2 rings (SSSR count). The molecule has 1 aromatic rings. The van der Waals surface area contributed by atoms with E-state index in [0.29, 0.717) is 6.54 Å². The Bertz CT molecular complexity index is 641. The van der Waals surface area contributed by atoms with E-state index in [9.17, 15) is 19.5 Å². The van der Waals surface area contributed by atoms with Crippen molar-refractivity contribution in [3.05, 3.63) is 26.4 Å². The van der Waals surface area contributed by atoms with Gasteiger partial charge in [0.05, 0.1) is 0 Å². The van der Waals surface area contributed by atoms with Crippen LogP contribution in [0.5, 0.6) is 5.88 Å². The van der Waals surface area contributed by atoms with Crippen LogP contribution in [0, 0.1) is 0 Å². The van der Waals surface area contributed by atoms with Gasteiger partial charge in [-0.05, 0) is 19.3 Å². The molecular formula is C15H23N3O4. The maximum Gasteiger partial charge on any atom is 0.331 e. The zero-order chi connectivity index (χ0) is 16.1. The Morgan fingerprint density at radius 1 is 1.32 bits per heavy atom. The van der Waals surface area contributed by atoms with Gasteiger partial charge in [-0.3, -0.25) is 19.1 Å². The largest absolute Gasteiger partial charge is 0.494 e. The lowest BCUT2D eigenvalue weighted by atomic mass is 9.95. The topological polar surface area (TPSA) is 104 Å². The maximum atomic E-state index is 12.1. The van der Waals surface area contributed by atoms with Gasteiger partial charge in [0.25, 0.3) is 11.5 Å². The molecule has 1 saturated carbocycles. The molecule has 0 aromatic carbocycles. The van der Waals surface area contributed by atoms with E-state index in [2.05, 4.69) is 10.3 Å². The Morgan fingerprint density at radius 2 is 2.00 bits per heavy atom. The van der Waals surface area contributed by atoms with Gasteiger partial charge >= 0.3 is 5.69 Å². The van der Waals surface area contributed by atoms with E-state index in [1.54, 1.807) is 0 Å². The second-order valence-corrected chi connectivity index (χ2v) is 5.73. The Labute approximate surface area is 128 Å². The van der Waals surface area contributed by atoms with Crippen molar-refractivity contribution in [1.29, 1.82) is 0 Å². The van der Waals surface area contributed by atoms with Gasteiger partial charge in [0, 0.05) is 12.6 Å². The predicted molar refractivity (Wildman–Crippen MR) is 82.4 cm³/mol. The van der Waals surface area contributed by atoms with E-state index in [1.165, 1.54) is 0 Å². The number of unbranched alkanes of at least 4 members (excludes halogenated alkanes) is 1. The van der Waals surface area contributed by atoms with Crippen LogP contribution in [-0.2, 0) is 0 Å². The van der Waals surface area contributed by atoms with Gasteiger partial charge in [-0.1, -0.05) is 32.6 Å². The van der Waals surface area contributed by atoms with Crippen LogP contribution in [0.2, 0.25) is 0 Å². The molecule has 7 nitrogen and oxygen atoms in total. The first-order valence-electron chi connectivity index (χ1n) is 7.92. The van der Waals surface area contributed by atoms with Crippen molar-refractivity contribution in [3.8, 4) is 5.88 Å². The van der Waals surface area contributed by atoms with Crippen LogP contribution in [0.15, 0.2) is 9.59 Å². The Morgan fingerprint density at radius 3 is 2.64 bits per heavy atom. The molecule has 0 spiro atoms. The summed E-state index contributed by atoms with van der Waals surface area (Å²) in [5, 5.41) is 12.9. The summed E-state index contributed by atoms with van der Waals surface area (Å²) in [6.07, 6.45) is 6.24. The third kappa shape index (κ3) is 3.40. The molecule has 0 unspecified atom stereocenters. The lowest BCUT2D eigenvalue weighted by Crippen LogP contribution is -2.39. The zero-order valence-electron chi connectivity index (χ0n) is 12.9. The lowest BCUT2D eigenvalue weighted by Gasteiger charge is -2.24. The molecule has 7 heteroatoms. The van der Waals surface area contributed by atoms with Crippen molar-refractivity contribution in [2.75, 3.05) is 6.54 Å². The Hall–Kier alpha value is -2.05. The van der Waals surface area contributed by atoms with E-state index in [1.807, 2.05) is 6.92 Å². The second kappa shape index (κ2) is 7.29. The fourth-order valence-electron chi connectivity index (χ4n) is 2.89. The van der Waals surface area contributed by atoms with Crippen molar-refractivity contribution in [2.45, 2.75) is 57.9 Å². The molecule has 1 fully saturated rings. The maximum absolute atomic E-state index is 12.1. The standard InChI is InChI=1S/C15H23N3O4/c1-2-3-9-16-12(19)11-13(20)17-15(22)18(14(11)21)10-7-5-4-6-8-10/h10,21H,2-9H2,1H3,(H,16,19)(H,17,20,22). The van der Waals surface area contributed by atoms with Gasteiger partial charge in [-0.25, -0.2) is 4.79 Å². The highest BCUT2D eigenvalue weighted by molar-refractivity contribution is 5.95. The fraction of sp³-hybridized carbons (Fsp3) is 0.667. The number of hydrogen-bond acceptors (Lipinski definition) is 4. The van der Waals surface area contributed by atoms with Crippen molar-refractivity contribution >= 4 is 5.91 Å². The van der Waals surface area contributed by atoms with E-state index in [-0.39, 0.29) is 11.6 Å². The third-order valence-corrected chi connectivity index (χ3v) is 4.10. The van der Waals surface area contributed by atoms with Crippen molar-refractivity contribution < 1.29 is 9.90 Å². The number of rotatable bonds is 5. The summed E-state index contributed by atoms with van der Waals surface area (Å²) in [5.41, 5.74) is -1.87. The molecule has 3 N–H and O–H groups in total. The molecule has 1 amide bonds. The first-order valence-corrected chi connectivity index (χ1v) is 7.92. The van der Waals surface area contributed by atoms with Crippen LogP contribution >= 0.6 is 0 Å². The summed E-state index contributed by atoms with van der Waals surface area (Å²) in [6.45, 7) is 2.41. The zero-order valence-corrected chi connectivity index (χ0v) is 12.9. The highest BCUT2D eigenvalue weighted by atomic mass is 16.3. The molecule has 1 aliphatic carbocycles. The third-order valence-electron chi connectivity index (χ3n) is 4.10. The highest BCUT2D eigenvalue weighted by Crippen LogP contribution is 2.29. The van der Waals surface area contributed by atoms with Crippen LogP contribution in [-0.4, -0.2) is 27.1 Å². The first kappa shape index (κ1) is 16.3. The van der Waals surface area contributed by atoms with Crippen LogP contribution < -0.4 is 16.6 Å². The Balaban J connectivity index is 2.36. The molecule has 0 aliphatic heterocycles. The van der Waals surface area contributed by atoms with Gasteiger partial charge in [-0.2, -0.15) is 0 Å². The van der Waals surface area contributed by atoms with E-state index >= 15 is 0 Å². The van der Waals surface area contributed by atoms with Crippen LogP contribution in [0.4, 0.5) is 0 Å². The number of aromatic amines is 1. The molecule has 0 atom stereocenters. The number of aromatic nitrogens is 2. The monoisotopic (exact) mass is 309 g/mol. The molecule has 0 saturated heterocycles. The molecular weight excluding hydrogens is 286 g/mol. The number of carbonyl (C=O) groups excluding carboxylic acids is 1. The quantitative estimate of drug-likeness (QED) is 0.713. The fourth-order valence-corrected chi connectivity index (χ4v) is 2.89. The molecule has 1 aromatic heterocycles. The molecule has 0 radical (unpaired) electrons. The van der Waals surface area contributed by atoms with E-state index < -0.39 is 23.0 Å². The number of H-pyrrole nitrogens is 1. The summed E-state index contributed by atoms with van der Waals surface area (Å²) in [4.78, 5) is 38.1. The average molecular weight is 309 g/mol. The second-order valence-electron chi connectivity index (χ2n) is 5.73. The SMILES string of the molecule is CCCCNC(=O)c1c(O)n(C2CCCCC2)c(=O)[nH]c1=O. The van der Waals surface area contributed by atoms with Crippen molar-refractivity contribution in [1.82, 2.24) is 14.9 Å². The summed E-state index contributed by atoms with van der Waals surface area (Å²) >= 11 is 0. The number of hydrogen-bond donors (Lipinski definition) is 3. The minimum atomic E-state index is -0.844. The average Bonchev–Trinajstić information content (AvgIpc) is 2.48. The van der Waals surface area contributed by atoms with Crippen molar-refractivity contribution in [3.63, 3.8) is 0 Å². The van der Waals surface area contributed by atoms with Crippen LogP contribution in [0.1, 0.15) is 68.3 Å². The number of nitrogens with zero attached hydrogens (tertiary/aromatic N) is 1. The lowest BCUT2D eigenvalue weighted by molar-refractivity contribution is 0.0946. The minimum absolute atomic E-state index is 0.166. The molecule has 1 heterocycles. The predicted octanol–water partition coefficient (Wildman–Crippen LogP) is 1.28. The number of amides is 1. The summed E-state index contributed by atoms with van der Waals surface area (Å²) in [6, 6.07) is -0.166. The number of aromatic hydroxyl groups is 1. The molecule has 22 heavy (non-hydrogen) atoms. The Kier molecular flexibility index (Phi) is 5.41. The summed E-state index contributed by atoms with van der Waals surface area (Å²) < 4.78 is 1.16. The summed E-state index contributed by atoms with van der Waals surface area (Å²) in [7, 11) is 0. The van der Waals surface area contributed by atoms with Gasteiger partial charge in [0.2, 0.25) is 5.88 Å². The smallest absolute Gasteiger partial charge is 0.331 e. The van der Waals surface area contributed by atoms with Gasteiger partial charge in [-0.15, -0.1) is 0 Å². The van der Waals surface area contributed by atoms with Gasteiger partial charge < -0.3 is 10.4 Å². The normalized spacial score (nSPS) is 15.7. The van der Waals surface area contributed by atoms with Gasteiger partial charge in [0.15, 0.2) is 5.56 Å². The molecule has 1 aliphatic rings. The molecule has 122 valence electrons. The highest BCUT2D eigenvalue weighted by Gasteiger charge is 2.25.